The lowest BCUT2D eigenvalue weighted by Gasteiger charge is -2.30. The number of carbonyl (C=O) groups excluding carboxylic acids is 1. The van der Waals surface area contributed by atoms with Gasteiger partial charge in [-0.15, -0.1) is 0 Å². The molecule has 0 saturated heterocycles. The van der Waals surface area contributed by atoms with Gasteiger partial charge in [-0.25, -0.2) is 9.03 Å². The van der Waals surface area contributed by atoms with Gasteiger partial charge < -0.3 is 0 Å². The van der Waals surface area contributed by atoms with E-state index in [1.165, 1.54) is 4.31 Å². The third-order valence-electron chi connectivity index (χ3n) is 3.10. The molecule has 2 aromatic carbocycles. The van der Waals surface area contributed by atoms with Gasteiger partial charge in [-0.05, 0) is 17.7 Å². The first-order valence-corrected chi connectivity index (χ1v) is 7.50. The molecule has 20 heavy (non-hydrogen) atoms. The Morgan fingerprint density at radius 2 is 1.60 bits per heavy atom. The summed E-state index contributed by atoms with van der Waals surface area (Å²) in [5, 5.41) is 0. The molecule has 0 fully saturated rings. The highest BCUT2D eigenvalue weighted by molar-refractivity contribution is 7.91. The summed E-state index contributed by atoms with van der Waals surface area (Å²) < 4.78 is 27.6. The van der Waals surface area contributed by atoms with Crippen LogP contribution in [0.3, 0.4) is 0 Å². The van der Waals surface area contributed by atoms with Crippen molar-refractivity contribution in [1.82, 2.24) is 4.72 Å². The second-order valence-electron chi connectivity index (χ2n) is 4.45. The van der Waals surface area contributed by atoms with E-state index in [1.54, 1.807) is 24.3 Å². The molecule has 6 heteroatoms. The first-order chi connectivity index (χ1) is 9.58. The summed E-state index contributed by atoms with van der Waals surface area (Å²) in [7, 11) is -3.85. The molecule has 0 saturated carbocycles. The van der Waals surface area contributed by atoms with Gasteiger partial charge in [-0.2, -0.15) is 8.42 Å². The highest BCUT2D eigenvalue weighted by atomic mass is 32.2. The second-order valence-corrected chi connectivity index (χ2v) is 6.04. The van der Waals surface area contributed by atoms with Crippen LogP contribution in [0.15, 0.2) is 54.6 Å². The third kappa shape index (κ3) is 2.14. The van der Waals surface area contributed by atoms with E-state index in [0.29, 0.717) is 11.3 Å². The number of hydrogen-bond donors (Lipinski definition) is 1. The normalized spacial score (nSPS) is 16.4. The second kappa shape index (κ2) is 4.64. The standard InChI is InChI=1S/C14H12N2O3S/c17-14-12-8-4-5-9-13(12)16(20(18,19)15-14)10-11-6-2-1-3-7-11/h1-9H,10H2,(H,15,17). The van der Waals surface area contributed by atoms with Crippen LogP contribution in [0.5, 0.6) is 0 Å². The Morgan fingerprint density at radius 1 is 0.950 bits per heavy atom. The van der Waals surface area contributed by atoms with E-state index in [4.69, 9.17) is 0 Å². The van der Waals surface area contributed by atoms with Crippen molar-refractivity contribution in [1.29, 1.82) is 0 Å². The number of para-hydroxylation sites is 1. The lowest BCUT2D eigenvalue weighted by molar-refractivity contribution is 0.0979. The Balaban J connectivity index is 2.08. The summed E-state index contributed by atoms with van der Waals surface area (Å²) in [5.74, 6) is -0.593. The Kier molecular flexibility index (Phi) is 2.94. The molecule has 3 rings (SSSR count). The maximum absolute atomic E-state index is 12.2. The van der Waals surface area contributed by atoms with Crippen LogP contribution < -0.4 is 9.03 Å². The summed E-state index contributed by atoms with van der Waals surface area (Å²) in [5.41, 5.74) is 1.61. The molecule has 2 aromatic rings. The zero-order valence-electron chi connectivity index (χ0n) is 10.5. The quantitative estimate of drug-likeness (QED) is 0.914. The molecule has 0 atom stereocenters. The average molecular weight is 288 g/mol. The first kappa shape index (κ1) is 12.7. The summed E-state index contributed by atoms with van der Waals surface area (Å²) in [6, 6.07) is 15.9. The van der Waals surface area contributed by atoms with Crippen molar-refractivity contribution in [2.24, 2.45) is 0 Å². The van der Waals surface area contributed by atoms with Gasteiger partial charge in [0.25, 0.3) is 5.91 Å². The van der Waals surface area contributed by atoms with E-state index in [9.17, 15) is 13.2 Å². The molecule has 0 unspecified atom stereocenters. The van der Waals surface area contributed by atoms with Crippen LogP contribution in [-0.2, 0) is 16.8 Å². The fourth-order valence-corrected chi connectivity index (χ4v) is 3.35. The number of nitrogens with zero attached hydrogens (tertiary/aromatic N) is 1. The molecule has 1 N–H and O–H groups in total. The van der Waals surface area contributed by atoms with Crippen LogP contribution in [0.25, 0.3) is 0 Å². The molecule has 1 amide bonds. The number of carbonyl (C=O) groups is 1. The Morgan fingerprint density at radius 3 is 2.35 bits per heavy atom. The van der Waals surface area contributed by atoms with Gasteiger partial charge in [-0.3, -0.25) is 4.79 Å². The number of fused-ring (bicyclic) bond motifs is 1. The third-order valence-corrected chi connectivity index (χ3v) is 4.45. The molecule has 0 radical (unpaired) electrons. The number of rotatable bonds is 2. The van der Waals surface area contributed by atoms with Crippen LogP contribution in [-0.4, -0.2) is 14.3 Å². The zero-order valence-corrected chi connectivity index (χ0v) is 11.3. The van der Waals surface area contributed by atoms with Crippen molar-refractivity contribution in [3.8, 4) is 0 Å². The molecule has 5 nitrogen and oxygen atoms in total. The van der Waals surface area contributed by atoms with E-state index in [0.717, 1.165) is 5.56 Å². The van der Waals surface area contributed by atoms with E-state index >= 15 is 0 Å². The first-order valence-electron chi connectivity index (χ1n) is 6.06. The predicted octanol–water partition coefficient (Wildman–Crippen LogP) is 1.68. The number of benzene rings is 2. The number of anilines is 1. The Hall–Kier alpha value is -2.34. The molecule has 1 heterocycles. The fourth-order valence-electron chi connectivity index (χ4n) is 2.16. The van der Waals surface area contributed by atoms with Crippen molar-refractivity contribution in [2.45, 2.75) is 6.54 Å². The maximum atomic E-state index is 12.2. The monoisotopic (exact) mass is 288 g/mol. The van der Waals surface area contributed by atoms with Crippen LogP contribution >= 0.6 is 0 Å². The highest BCUT2D eigenvalue weighted by Gasteiger charge is 2.33. The van der Waals surface area contributed by atoms with Gasteiger partial charge in [0.05, 0.1) is 17.8 Å². The highest BCUT2D eigenvalue weighted by Crippen LogP contribution is 2.28. The van der Waals surface area contributed by atoms with Gasteiger partial charge in [0.2, 0.25) is 0 Å². The van der Waals surface area contributed by atoms with Gasteiger partial charge in [0, 0.05) is 0 Å². The van der Waals surface area contributed by atoms with Crippen LogP contribution in [0.4, 0.5) is 5.69 Å². The molecule has 0 aromatic heterocycles. The average Bonchev–Trinajstić information content (AvgIpc) is 2.44. The molecule has 102 valence electrons. The lowest BCUT2D eigenvalue weighted by Crippen LogP contribution is -2.48. The molecule has 0 aliphatic carbocycles. The molecule has 0 spiro atoms. The minimum Gasteiger partial charge on any atom is -0.268 e. The summed E-state index contributed by atoms with van der Waals surface area (Å²) >= 11 is 0. The van der Waals surface area contributed by atoms with Gasteiger partial charge in [0.1, 0.15) is 0 Å². The predicted molar refractivity (Wildman–Crippen MR) is 75.5 cm³/mol. The molecule has 1 aliphatic rings. The van der Waals surface area contributed by atoms with Crippen molar-refractivity contribution >= 4 is 21.8 Å². The molecule has 0 bridgehead atoms. The van der Waals surface area contributed by atoms with Gasteiger partial charge >= 0.3 is 10.2 Å². The molecule has 1 aliphatic heterocycles. The molecular formula is C14H12N2O3S. The minimum absolute atomic E-state index is 0.181. The Bertz CT molecular complexity index is 757. The lowest BCUT2D eigenvalue weighted by atomic mass is 10.1. The number of nitrogens with one attached hydrogen (secondary N) is 1. The van der Waals surface area contributed by atoms with Gasteiger partial charge in [0.15, 0.2) is 0 Å². The van der Waals surface area contributed by atoms with Crippen molar-refractivity contribution in [3.05, 3.63) is 65.7 Å². The number of hydrogen-bond acceptors (Lipinski definition) is 3. The van der Waals surface area contributed by atoms with Crippen LogP contribution in [0, 0.1) is 0 Å². The summed E-state index contributed by atoms with van der Waals surface area (Å²) in [6.45, 7) is 0.181. The van der Waals surface area contributed by atoms with Crippen LogP contribution in [0.1, 0.15) is 15.9 Å². The van der Waals surface area contributed by atoms with Crippen molar-refractivity contribution in [2.75, 3.05) is 4.31 Å². The van der Waals surface area contributed by atoms with Crippen LogP contribution in [0.2, 0.25) is 0 Å². The van der Waals surface area contributed by atoms with Crippen molar-refractivity contribution in [3.63, 3.8) is 0 Å². The summed E-state index contributed by atoms with van der Waals surface area (Å²) in [6.07, 6.45) is 0. The van der Waals surface area contributed by atoms with E-state index in [1.807, 2.05) is 35.1 Å². The zero-order chi connectivity index (χ0) is 14.2. The van der Waals surface area contributed by atoms with E-state index in [2.05, 4.69) is 0 Å². The largest absolute Gasteiger partial charge is 0.326 e. The SMILES string of the molecule is O=C1NS(=O)(=O)N(Cc2ccccc2)c2ccccc21. The fraction of sp³-hybridized carbons (Fsp3) is 0.0714. The number of amides is 1. The Labute approximate surface area is 117 Å². The van der Waals surface area contributed by atoms with E-state index in [-0.39, 0.29) is 6.54 Å². The topological polar surface area (TPSA) is 66.5 Å². The van der Waals surface area contributed by atoms with Crippen molar-refractivity contribution < 1.29 is 13.2 Å². The van der Waals surface area contributed by atoms with Gasteiger partial charge in [-0.1, -0.05) is 42.5 Å². The minimum atomic E-state index is -3.85. The molecular weight excluding hydrogens is 276 g/mol. The van der Waals surface area contributed by atoms with E-state index < -0.39 is 16.1 Å². The summed E-state index contributed by atoms with van der Waals surface area (Å²) in [4.78, 5) is 11.8. The smallest absolute Gasteiger partial charge is 0.268 e. The maximum Gasteiger partial charge on any atom is 0.326 e.